The summed E-state index contributed by atoms with van der Waals surface area (Å²) >= 11 is 0. The first-order valence-electron chi connectivity index (χ1n) is 10.5. The van der Waals surface area contributed by atoms with Gasteiger partial charge >= 0.3 is 5.97 Å². The molecule has 33 heavy (non-hydrogen) atoms. The third-order valence-electron chi connectivity index (χ3n) is 4.89. The molecule has 0 saturated carbocycles. The van der Waals surface area contributed by atoms with Gasteiger partial charge in [0, 0.05) is 5.69 Å². The summed E-state index contributed by atoms with van der Waals surface area (Å²) in [6.45, 7) is 3.85. The van der Waals surface area contributed by atoms with Crippen LogP contribution in [0.15, 0.2) is 83.8 Å². The van der Waals surface area contributed by atoms with Crippen LogP contribution in [0.1, 0.15) is 28.4 Å². The van der Waals surface area contributed by atoms with E-state index in [2.05, 4.69) is 10.0 Å². The summed E-state index contributed by atoms with van der Waals surface area (Å²) in [6, 6.07) is 20.7. The lowest BCUT2D eigenvalue weighted by molar-refractivity contribution is -0.117. The fourth-order valence-corrected chi connectivity index (χ4v) is 4.34. The number of amides is 1. The first-order valence-corrected chi connectivity index (χ1v) is 12.0. The summed E-state index contributed by atoms with van der Waals surface area (Å²) in [4.78, 5) is 25.0. The minimum absolute atomic E-state index is 0.0813. The van der Waals surface area contributed by atoms with Crippen molar-refractivity contribution in [1.29, 1.82) is 0 Å². The van der Waals surface area contributed by atoms with Crippen molar-refractivity contribution in [2.75, 3.05) is 11.9 Å². The third kappa shape index (κ3) is 6.74. The van der Waals surface area contributed by atoms with Crippen LogP contribution in [0.25, 0.3) is 0 Å². The number of benzene rings is 3. The molecule has 0 fully saturated rings. The summed E-state index contributed by atoms with van der Waals surface area (Å²) in [5, 5.41) is 2.73. The molecule has 0 bridgehead atoms. The van der Waals surface area contributed by atoms with Gasteiger partial charge < -0.3 is 10.1 Å². The lowest BCUT2D eigenvalue weighted by atomic mass is 10.1. The predicted octanol–water partition coefficient (Wildman–Crippen LogP) is 3.70. The van der Waals surface area contributed by atoms with Crippen molar-refractivity contribution >= 4 is 27.6 Å². The number of rotatable bonds is 9. The molecule has 0 aliphatic carbocycles. The molecule has 1 amide bonds. The number of carbonyl (C=O) groups excluding carboxylic acids is 2. The van der Waals surface area contributed by atoms with Gasteiger partial charge in [0.15, 0.2) is 0 Å². The molecule has 0 aliphatic rings. The van der Waals surface area contributed by atoms with Crippen LogP contribution in [-0.4, -0.2) is 32.9 Å². The van der Waals surface area contributed by atoms with E-state index in [9.17, 15) is 18.0 Å². The number of anilines is 1. The maximum absolute atomic E-state index is 13.1. The van der Waals surface area contributed by atoms with Crippen molar-refractivity contribution < 1.29 is 22.7 Å². The van der Waals surface area contributed by atoms with Gasteiger partial charge in [-0.25, -0.2) is 13.2 Å². The molecule has 3 rings (SSSR count). The van der Waals surface area contributed by atoms with E-state index in [1.54, 1.807) is 31.2 Å². The Bertz CT molecular complexity index is 1190. The normalized spacial score (nSPS) is 12.1. The molecule has 2 N–H and O–H groups in total. The van der Waals surface area contributed by atoms with E-state index in [0.29, 0.717) is 11.3 Å². The van der Waals surface area contributed by atoms with Crippen LogP contribution >= 0.6 is 0 Å². The third-order valence-corrected chi connectivity index (χ3v) is 6.38. The highest BCUT2D eigenvalue weighted by molar-refractivity contribution is 7.89. The first-order chi connectivity index (χ1) is 15.8. The van der Waals surface area contributed by atoms with Crippen LogP contribution in [0.3, 0.4) is 0 Å². The van der Waals surface area contributed by atoms with Crippen molar-refractivity contribution in [1.82, 2.24) is 4.72 Å². The molecule has 1 atom stereocenters. The molecule has 0 radical (unpaired) electrons. The lowest BCUT2D eigenvalue weighted by Crippen LogP contribution is -2.45. The average molecular weight is 467 g/mol. The Morgan fingerprint density at radius 3 is 2.15 bits per heavy atom. The van der Waals surface area contributed by atoms with Crippen LogP contribution < -0.4 is 10.0 Å². The molecule has 172 valence electrons. The molecule has 0 heterocycles. The minimum atomic E-state index is -3.93. The zero-order valence-corrected chi connectivity index (χ0v) is 19.3. The molecular formula is C25H26N2O5S. The van der Waals surface area contributed by atoms with E-state index in [4.69, 9.17) is 4.74 Å². The number of ether oxygens (including phenoxy) is 1. The Kier molecular flexibility index (Phi) is 7.97. The summed E-state index contributed by atoms with van der Waals surface area (Å²) in [5.74, 6) is -0.971. The molecule has 0 spiro atoms. The molecule has 0 aromatic heterocycles. The fraction of sp³-hybridized carbons (Fsp3) is 0.200. The van der Waals surface area contributed by atoms with Gasteiger partial charge in [-0.1, -0.05) is 48.0 Å². The first kappa shape index (κ1) is 24.2. The smallest absolute Gasteiger partial charge is 0.338 e. The second kappa shape index (κ2) is 10.9. The Hall–Kier alpha value is -3.49. The number of nitrogens with one attached hydrogen (secondary N) is 2. The predicted molar refractivity (Wildman–Crippen MR) is 126 cm³/mol. The Morgan fingerprint density at radius 1 is 0.909 bits per heavy atom. The second-order valence-electron chi connectivity index (χ2n) is 7.46. The van der Waals surface area contributed by atoms with Gasteiger partial charge in [0.1, 0.15) is 6.04 Å². The zero-order chi connectivity index (χ0) is 23.8. The summed E-state index contributed by atoms with van der Waals surface area (Å²) in [7, 11) is -3.93. The van der Waals surface area contributed by atoms with E-state index in [0.717, 1.165) is 11.1 Å². The SMILES string of the molecule is CCOC(=O)c1ccc(NC(=O)[C@H](Cc2ccccc2)NS(=O)(=O)c2ccc(C)cc2)cc1. The summed E-state index contributed by atoms with van der Waals surface area (Å²) in [5.41, 5.74) is 2.53. The van der Waals surface area contributed by atoms with E-state index >= 15 is 0 Å². The van der Waals surface area contributed by atoms with Crippen molar-refractivity contribution in [3.05, 3.63) is 95.6 Å². The molecule has 0 aliphatic heterocycles. The number of carbonyl (C=O) groups is 2. The molecule has 0 unspecified atom stereocenters. The summed E-state index contributed by atoms with van der Waals surface area (Å²) < 4.78 is 33.4. The van der Waals surface area contributed by atoms with Crippen molar-refractivity contribution in [3.63, 3.8) is 0 Å². The van der Waals surface area contributed by atoms with E-state index in [1.165, 1.54) is 24.3 Å². The molecule has 3 aromatic rings. The largest absolute Gasteiger partial charge is 0.462 e. The Balaban J connectivity index is 1.80. The highest BCUT2D eigenvalue weighted by Gasteiger charge is 2.26. The van der Waals surface area contributed by atoms with Gasteiger partial charge in [-0.05, 0) is 62.2 Å². The maximum Gasteiger partial charge on any atom is 0.338 e. The van der Waals surface area contributed by atoms with E-state index in [1.807, 2.05) is 37.3 Å². The lowest BCUT2D eigenvalue weighted by Gasteiger charge is -2.19. The van der Waals surface area contributed by atoms with Crippen LogP contribution in [0, 0.1) is 6.92 Å². The van der Waals surface area contributed by atoms with E-state index < -0.39 is 27.9 Å². The monoisotopic (exact) mass is 466 g/mol. The molecule has 8 heteroatoms. The van der Waals surface area contributed by atoms with Crippen molar-refractivity contribution in [2.45, 2.75) is 31.2 Å². The fourth-order valence-electron chi connectivity index (χ4n) is 3.14. The van der Waals surface area contributed by atoms with Crippen molar-refractivity contribution in [3.8, 4) is 0 Å². The number of hydrogen-bond acceptors (Lipinski definition) is 5. The summed E-state index contributed by atoms with van der Waals surface area (Å²) in [6.07, 6.45) is 0.165. The molecule has 3 aromatic carbocycles. The quantitative estimate of drug-likeness (QED) is 0.468. The van der Waals surface area contributed by atoms with E-state index in [-0.39, 0.29) is 17.9 Å². The van der Waals surface area contributed by atoms with Gasteiger partial charge in [-0.2, -0.15) is 4.72 Å². The minimum Gasteiger partial charge on any atom is -0.462 e. The topological polar surface area (TPSA) is 102 Å². The number of aryl methyl sites for hydroxylation is 1. The van der Waals surface area contributed by atoms with Gasteiger partial charge in [-0.3, -0.25) is 4.79 Å². The molecule has 7 nitrogen and oxygen atoms in total. The maximum atomic E-state index is 13.1. The average Bonchev–Trinajstić information content (AvgIpc) is 2.80. The van der Waals surface area contributed by atoms with Crippen LogP contribution in [-0.2, 0) is 26.0 Å². The van der Waals surface area contributed by atoms with Gasteiger partial charge in [0.2, 0.25) is 15.9 Å². The van der Waals surface area contributed by atoms with Gasteiger partial charge in [0.25, 0.3) is 0 Å². The Morgan fingerprint density at radius 2 is 1.55 bits per heavy atom. The highest BCUT2D eigenvalue weighted by Crippen LogP contribution is 2.15. The van der Waals surface area contributed by atoms with Crippen LogP contribution in [0.2, 0.25) is 0 Å². The molecule has 0 saturated heterocycles. The second-order valence-corrected chi connectivity index (χ2v) is 9.18. The standard InChI is InChI=1S/C25H26N2O5S/c1-3-32-25(29)20-11-13-21(14-12-20)26-24(28)23(17-19-7-5-4-6-8-19)27-33(30,31)22-15-9-18(2)10-16-22/h4-16,23,27H,3,17H2,1-2H3,(H,26,28)/t23-/m0/s1. The Labute approximate surface area is 193 Å². The highest BCUT2D eigenvalue weighted by atomic mass is 32.2. The number of esters is 1. The van der Waals surface area contributed by atoms with Crippen LogP contribution in [0.5, 0.6) is 0 Å². The van der Waals surface area contributed by atoms with Crippen molar-refractivity contribution in [2.24, 2.45) is 0 Å². The van der Waals surface area contributed by atoms with Gasteiger partial charge in [0.05, 0.1) is 17.1 Å². The molecular weight excluding hydrogens is 440 g/mol. The number of sulfonamides is 1. The van der Waals surface area contributed by atoms with Gasteiger partial charge in [-0.15, -0.1) is 0 Å². The zero-order valence-electron chi connectivity index (χ0n) is 18.4. The number of hydrogen-bond donors (Lipinski definition) is 2. The van der Waals surface area contributed by atoms with Crippen LogP contribution in [0.4, 0.5) is 5.69 Å².